The zero-order chi connectivity index (χ0) is 30.4. The SMILES string of the molecule is C[C@@H]1CN(C)[C@@H](C)C[C@@]1(CCNC(=O)CON=C1C=C2CC[C@@H]3[C@@H](CC[C@@]4(C)[C@@H](O)CC[C@@H]34)[C@]2(C)CC1)c1ccccc1. The number of nitrogens with one attached hydrogen (secondary N) is 1. The van der Waals surface area contributed by atoms with Gasteiger partial charge in [0.1, 0.15) is 0 Å². The smallest absolute Gasteiger partial charge is 0.260 e. The predicted octanol–water partition coefficient (Wildman–Crippen LogP) is 6.49. The van der Waals surface area contributed by atoms with E-state index >= 15 is 0 Å². The molecule has 0 aromatic heterocycles. The van der Waals surface area contributed by atoms with Gasteiger partial charge >= 0.3 is 0 Å². The lowest BCUT2D eigenvalue weighted by molar-refractivity contribution is -0.125. The van der Waals surface area contributed by atoms with E-state index in [2.05, 4.69) is 86.5 Å². The highest BCUT2D eigenvalue weighted by atomic mass is 16.6. The predicted molar refractivity (Wildman–Crippen MR) is 173 cm³/mol. The van der Waals surface area contributed by atoms with Crippen LogP contribution in [0.5, 0.6) is 0 Å². The Morgan fingerprint density at radius 2 is 1.86 bits per heavy atom. The number of aliphatic hydroxyl groups is 1. The Hall–Kier alpha value is -2.18. The fourth-order valence-corrected chi connectivity index (χ4v) is 10.6. The van der Waals surface area contributed by atoms with Crippen LogP contribution in [0, 0.1) is 34.5 Å². The number of aliphatic hydroxyl groups excluding tert-OH is 1. The third kappa shape index (κ3) is 5.49. The van der Waals surface area contributed by atoms with E-state index in [9.17, 15) is 9.90 Å². The Balaban J connectivity index is 1.03. The van der Waals surface area contributed by atoms with Gasteiger partial charge in [-0.3, -0.25) is 4.79 Å². The van der Waals surface area contributed by atoms with Gasteiger partial charge in [0.2, 0.25) is 0 Å². The molecule has 0 spiro atoms. The molecule has 0 unspecified atom stereocenters. The highest BCUT2D eigenvalue weighted by Gasteiger charge is 2.58. The molecule has 1 aromatic carbocycles. The maximum Gasteiger partial charge on any atom is 0.260 e. The summed E-state index contributed by atoms with van der Waals surface area (Å²) in [7, 11) is 2.22. The van der Waals surface area contributed by atoms with Crippen molar-refractivity contribution in [1.29, 1.82) is 0 Å². The molecule has 1 aliphatic heterocycles. The van der Waals surface area contributed by atoms with Crippen LogP contribution >= 0.6 is 0 Å². The maximum absolute atomic E-state index is 12.8. The fraction of sp³-hybridized carbons (Fsp3) is 0.730. The van der Waals surface area contributed by atoms with E-state index in [-0.39, 0.29) is 34.9 Å². The summed E-state index contributed by atoms with van der Waals surface area (Å²) < 4.78 is 0. The van der Waals surface area contributed by atoms with E-state index in [1.54, 1.807) is 0 Å². The third-order valence-corrected chi connectivity index (χ3v) is 13.5. The summed E-state index contributed by atoms with van der Waals surface area (Å²) in [6, 6.07) is 11.4. The van der Waals surface area contributed by atoms with Crippen molar-refractivity contribution in [3.05, 3.63) is 47.5 Å². The molecular weight excluding hydrogens is 534 g/mol. The Kier molecular flexibility index (Phi) is 8.58. The number of nitrogens with zero attached hydrogens (tertiary/aromatic N) is 2. The second kappa shape index (κ2) is 12.0. The number of hydrogen-bond acceptors (Lipinski definition) is 5. The molecule has 4 fully saturated rings. The number of carbonyl (C=O) groups excluding carboxylic acids is 1. The molecule has 2 N–H and O–H groups in total. The summed E-state index contributed by atoms with van der Waals surface area (Å²) in [6.45, 7) is 11.2. The third-order valence-electron chi connectivity index (χ3n) is 13.5. The number of benzene rings is 1. The Morgan fingerprint density at radius 1 is 1.07 bits per heavy atom. The van der Waals surface area contributed by atoms with Crippen molar-refractivity contribution in [1.82, 2.24) is 10.2 Å². The highest BCUT2D eigenvalue weighted by molar-refractivity contribution is 5.96. The number of fused-ring (bicyclic) bond motifs is 5. The Bertz CT molecular complexity index is 1230. The molecule has 1 amide bonds. The van der Waals surface area contributed by atoms with Gasteiger partial charge in [0.25, 0.3) is 5.91 Å². The van der Waals surface area contributed by atoms with Gasteiger partial charge in [-0.25, -0.2) is 0 Å². The van der Waals surface area contributed by atoms with E-state index in [1.807, 2.05) is 0 Å². The molecule has 3 saturated carbocycles. The average molecular weight is 590 g/mol. The van der Waals surface area contributed by atoms with Crippen molar-refractivity contribution in [3.8, 4) is 0 Å². The lowest BCUT2D eigenvalue weighted by atomic mass is 9.47. The van der Waals surface area contributed by atoms with Crippen molar-refractivity contribution in [2.24, 2.45) is 39.7 Å². The molecule has 0 bridgehead atoms. The van der Waals surface area contributed by atoms with Gasteiger partial charge in [0.05, 0.1) is 11.8 Å². The van der Waals surface area contributed by atoms with E-state index < -0.39 is 0 Å². The molecule has 1 aromatic rings. The first-order valence-electron chi connectivity index (χ1n) is 17.2. The molecule has 5 aliphatic rings. The van der Waals surface area contributed by atoms with Gasteiger partial charge in [0.15, 0.2) is 6.61 Å². The summed E-state index contributed by atoms with van der Waals surface area (Å²) in [4.78, 5) is 20.9. The van der Waals surface area contributed by atoms with Crippen molar-refractivity contribution in [2.45, 2.75) is 109 Å². The lowest BCUT2D eigenvalue weighted by Crippen LogP contribution is -2.52. The van der Waals surface area contributed by atoms with Gasteiger partial charge in [0, 0.05) is 24.5 Å². The average Bonchev–Trinajstić information content (AvgIpc) is 3.30. The molecule has 43 heavy (non-hydrogen) atoms. The van der Waals surface area contributed by atoms with E-state index in [0.717, 1.165) is 63.1 Å². The van der Waals surface area contributed by atoms with Gasteiger partial charge in [-0.1, -0.05) is 61.8 Å². The minimum absolute atomic E-state index is 0.0374. The van der Waals surface area contributed by atoms with E-state index in [1.165, 1.54) is 30.4 Å². The van der Waals surface area contributed by atoms with Crippen LogP contribution in [0.15, 0.2) is 47.1 Å². The molecule has 6 heteroatoms. The van der Waals surface area contributed by atoms with Gasteiger partial charge < -0.3 is 20.2 Å². The van der Waals surface area contributed by atoms with Crippen LogP contribution in [0.3, 0.4) is 0 Å². The van der Waals surface area contributed by atoms with Crippen molar-refractivity contribution in [3.63, 3.8) is 0 Å². The zero-order valence-electron chi connectivity index (χ0n) is 27.3. The molecule has 1 heterocycles. The number of amides is 1. The highest BCUT2D eigenvalue weighted by Crippen LogP contribution is 2.65. The number of allylic oxidation sites excluding steroid dienone is 2. The van der Waals surface area contributed by atoms with Gasteiger partial charge in [-0.15, -0.1) is 0 Å². The topological polar surface area (TPSA) is 74.2 Å². The lowest BCUT2D eigenvalue weighted by Gasteiger charge is -2.57. The second-order valence-electron chi connectivity index (χ2n) is 15.5. The molecule has 1 saturated heterocycles. The summed E-state index contributed by atoms with van der Waals surface area (Å²) in [5.74, 6) is 2.51. The van der Waals surface area contributed by atoms with Crippen LogP contribution in [0.25, 0.3) is 0 Å². The summed E-state index contributed by atoms with van der Waals surface area (Å²) >= 11 is 0. The number of carbonyl (C=O) groups is 1. The standard InChI is InChI=1S/C37H55N3O3/c1-25-23-40(5)26(2)22-37(25,27-9-7-6-8-10-27)19-20-38-34(42)24-43-39-29-15-17-35(3)28(21-29)11-12-30-31-13-14-33(41)36(31,4)18-16-32(30)35/h6-10,21,25-26,30-33,41H,11-20,22-24H2,1-5H3,(H,38,42)/t25-,26+,30+,31+,32-,33+,35-,36-,37-/m1/s1. The van der Waals surface area contributed by atoms with E-state index in [4.69, 9.17) is 4.84 Å². The van der Waals surface area contributed by atoms with Gasteiger partial charge in [-0.2, -0.15) is 0 Å². The van der Waals surface area contributed by atoms with Gasteiger partial charge in [-0.05, 0) is 124 Å². The number of rotatable bonds is 7. The minimum atomic E-state index is -0.117. The van der Waals surface area contributed by atoms with E-state index in [0.29, 0.717) is 30.3 Å². The van der Waals surface area contributed by atoms with Crippen LogP contribution in [-0.2, 0) is 15.0 Å². The minimum Gasteiger partial charge on any atom is -0.393 e. The van der Waals surface area contributed by atoms with Crippen molar-refractivity contribution in [2.75, 3.05) is 26.7 Å². The Labute approximate surface area is 259 Å². The molecule has 9 atom stereocenters. The van der Waals surface area contributed by atoms with Crippen LogP contribution < -0.4 is 5.32 Å². The first kappa shape index (κ1) is 30.8. The Morgan fingerprint density at radius 3 is 2.65 bits per heavy atom. The summed E-state index contributed by atoms with van der Waals surface area (Å²) in [5.41, 5.74) is 4.30. The largest absolute Gasteiger partial charge is 0.393 e. The van der Waals surface area contributed by atoms with Crippen LogP contribution in [-0.4, -0.2) is 60.5 Å². The van der Waals surface area contributed by atoms with Crippen LogP contribution in [0.4, 0.5) is 0 Å². The molecule has 6 nitrogen and oxygen atoms in total. The molecule has 236 valence electrons. The van der Waals surface area contributed by atoms with Crippen LogP contribution in [0.1, 0.15) is 97.5 Å². The fourth-order valence-electron chi connectivity index (χ4n) is 10.6. The number of hydrogen-bond donors (Lipinski definition) is 2. The van der Waals surface area contributed by atoms with Crippen molar-refractivity contribution < 1.29 is 14.7 Å². The molecule has 4 aliphatic carbocycles. The molecular formula is C37H55N3O3. The summed E-state index contributed by atoms with van der Waals surface area (Å²) in [5, 5.41) is 18.3. The van der Waals surface area contributed by atoms with Crippen LogP contribution in [0.2, 0.25) is 0 Å². The number of piperidine rings is 1. The first-order valence-corrected chi connectivity index (χ1v) is 17.2. The summed E-state index contributed by atoms with van der Waals surface area (Å²) in [6.07, 6.45) is 13.1. The first-order chi connectivity index (χ1) is 20.6. The normalized spacial score (nSPS) is 42.0. The zero-order valence-corrected chi connectivity index (χ0v) is 27.3. The molecule has 6 rings (SSSR count). The monoisotopic (exact) mass is 589 g/mol. The molecule has 0 radical (unpaired) electrons. The second-order valence-corrected chi connectivity index (χ2v) is 15.5. The quantitative estimate of drug-likeness (QED) is 0.357. The number of oxime groups is 1. The number of likely N-dealkylation sites (tertiary alicyclic amines) is 1. The van der Waals surface area contributed by atoms with Crippen molar-refractivity contribution >= 4 is 11.6 Å². The maximum atomic E-state index is 12.8.